The van der Waals surface area contributed by atoms with Crippen molar-refractivity contribution in [1.29, 1.82) is 0 Å². The van der Waals surface area contributed by atoms with E-state index in [0.29, 0.717) is 11.8 Å². The van der Waals surface area contributed by atoms with E-state index in [9.17, 15) is 4.79 Å². The van der Waals surface area contributed by atoms with Crippen LogP contribution in [0.4, 0.5) is 0 Å². The van der Waals surface area contributed by atoms with E-state index >= 15 is 0 Å². The van der Waals surface area contributed by atoms with Gasteiger partial charge in [-0.15, -0.1) is 0 Å². The molecule has 3 atom stereocenters. The zero-order chi connectivity index (χ0) is 16.1. The lowest BCUT2D eigenvalue weighted by Gasteiger charge is -2.29. The summed E-state index contributed by atoms with van der Waals surface area (Å²) in [4.78, 5) is 11.7. The highest BCUT2D eigenvalue weighted by molar-refractivity contribution is 7.81. The first-order chi connectivity index (χ1) is 10.1. The number of rotatable bonds is 13. The first-order valence-corrected chi connectivity index (χ1v) is 9.56. The van der Waals surface area contributed by atoms with Crippen LogP contribution in [0.25, 0.3) is 0 Å². The van der Waals surface area contributed by atoms with E-state index < -0.39 is 0 Å². The normalized spacial score (nSPS) is 15.5. The van der Waals surface area contributed by atoms with Gasteiger partial charge in [-0.1, -0.05) is 66.2 Å². The van der Waals surface area contributed by atoms with Gasteiger partial charge in [-0.3, -0.25) is 4.79 Å². The van der Waals surface area contributed by atoms with Gasteiger partial charge in [0.05, 0.1) is 5.75 Å². The van der Waals surface area contributed by atoms with Crippen LogP contribution in [-0.2, 0) is 9.53 Å². The molecule has 0 saturated heterocycles. The Morgan fingerprint density at radius 2 is 1.62 bits per heavy atom. The molecule has 0 aliphatic carbocycles. The van der Waals surface area contributed by atoms with E-state index in [0.717, 1.165) is 12.8 Å². The summed E-state index contributed by atoms with van der Waals surface area (Å²) in [5, 5.41) is 0. The molecule has 0 saturated carbocycles. The van der Waals surface area contributed by atoms with E-state index in [-0.39, 0.29) is 17.8 Å². The van der Waals surface area contributed by atoms with E-state index in [1.165, 1.54) is 44.9 Å². The Labute approximate surface area is 137 Å². The molecule has 0 radical (unpaired) electrons. The summed E-state index contributed by atoms with van der Waals surface area (Å²) in [7, 11) is 0. The Balaban J connectivity index is 4.70. The van der Waals surface area contributed by atoms with Gasteiger partial charge in [-0.25, -0.2) is 0 Å². The van der Waals surface area contributed by atoms with Crippen LogP contribution in [0, 0.1) is 11.8 Å². The lowest BCUT2D eigenvalue weighted by atomic mass is 9.84. The van der Waals surface area contributed by atoms with Gasteiger partial charge in [0.25, 0.3) is 0 Å². The molecule has 3 heteroatoms. The van der Waals surface area contributed by atoms with E-state index in [4.69, 9.17) is 4.74 Å². The van der Waals surface area contributed by atoms with Gasteiger partial charge in [0, 0.05) is 0 Å². The minimum absolute atomic E-state index is 0.0861. The van der Waals surface area contributed by atoms with Crippen LogP contribution in [0.5, 0.6) is 0 Å². The highest BCUT2D eigenvalue weighted by Gasteiger charge is 2.26. The lowest BCUT2D eigenvalue weighted by Crippen LogP contribution is -2.30. The van der Waals surface area contributed by atoms with Crippen molar-refractivity contribution in [2.24, 2.45) is 11.8 Å². The Bertz CT molecular complexity index is 256. The fraction of sp³-hybridized carbons (Fsp3) is 0.944. The number of carbonyl (C=O) groups excluding carboxylic acids is 1. The molecular formula is C18H36O2S. The molecule has 0 N–H and O–H groups in total. The topological polar surface area (TPSA) is 26.3 Å². The standard InChI is InChI=1S/C18H36O2S/c1-5-9-11-15(7-3)13-17(20-18(19)14-21)16(8-4)12-10-6-2/h15-17,21H,5-14H2,1-4H3. The fourth-order valence-electron chi connectivity index (χ4n) is 2.97. The molecular weight excluding hydrogens is 280 g/mol. The minimum Gasteiger partial charge on any atom is -0.461 e. The third kappa shape index (κ3) is 9.44. The second kappa shape index (κ2) is 13.5. The third-order valence-corrected chi connectivity index (χ3v) is 4.76. The molecule has 0 heterocycles. The summed E-state index contributed by atoms with van der Waals surface area (Å²) >= 11 is 4.05. The van der Waals surface area contributed by atoms with Crippen LogP contribution in [-0.4, -0.2) is 17.8 Å². The molecule has 0 aliphatic rings. The largest absolute Gasteiger partial charge is 0.461 e. The van der Waals surface area contributed by atoms with Crippen molar-refractivity contribution in [3.63, 3.8) is 0 Å². The number of esters is 1. The summed E-state index contributed by atoms with van der Waals surface area (Å²) in [6.07, 6.45) is 10.8. The van der Waals surface area contributed by atoms with Crippen molar-refractivity contribution in [2.75, 3.05) is 5.75 Å². The first kappa shape index (κ1) is 20.8. The van der Waals surface area contributed by atoms with Gasteiger partial charge >= 0.3 is 5.97 Å². The number of ether oxygens (including phenoxy) is 1. The van der Waals surface area contributed by atoms with Crippen LogP contribution >= 0.6 is 12.6 Å². The van der Waals surface area contributed by atoms with Crippen molar-refractivity contribution >= 4 is 18.6 Å². The van der Waals surface area contributed by atoms with E-state index in [1.54, 1.807) is 0 Å². The molecule has 21 heavy (non-hydrogen) atoms. The average molecular weight is 317 g/mol. The summed E-state index contributed by atoms with van der Waals surface area (Å²) in [5.41, 5.74) is 0. The van der Waals surface area contributed by atoms with Crippen molar-refractivity contribution in [2.45, 2.75) is 91.6 Å². The van der Waals surface area contributed by atoms with Gasteiger partial charge in [0.1, 0.15) is 6.10 Å². The lowest BCUT2D eigenvalue weighted by molar-refractivity contribution is -0.150. The second-order valence-electron chi connectivity index (χ2n) is 6.15. The number of thiol groups is 1. The van der Waals surface area contributed by atoms with Gasteiger partial charge in [-0.2, -0.15) is 12.6 Å². The molecule has 3 unspecified atom stereocenters. The van der Waals surface area contributed by atoms with Crippen LogP contribution < -0.4 is 0 Å². The zero-order valence-electron chi connectivity index (χ0n) is 14.6. The van der Waals surface area contributed by atoms with Crippen LogP contribution in [0.2, 0.25) is 0 Å². The maximum absolute atomic E-state index is 11.7. The smallest absolute Gasteiger partial charge is 0.315 e. The molecule has 0 spiro atoms. The Kier molecular flexibility index (Phi) is 13.4. The summed E-state index contributed by atoms with van der Waals surface area (Å²) < 4.78 is 5.75. The maximum atomic E-state index is 11.7. The number of carbonyl (C=O) groups is 1. The number of hydrogen-bond acceptors (Lipinski definition) is 3. The average Bonchev–Trinajstić information content (AvgIpc) is 2.51. The van der Waals surface area contributed by atoms with Crippen molar-refractivity contribution in [3.8, 4) is 0 Å². The molecule has 0 fully saturated rings. The summed E-state index contributed by atoms with van der Waals surface area (Å²) in [6.45, 7) is 8.93. The molecule has 2 nitrogen and oxygen atoms in total. The Morgan fingerprint density at radius 1 is 1.00 bits per heavy atom. The van der Waals surface area contributed by atoms with Crippen molar-refractivity contribution in [3.05, 3.63) is 0 Å². The highest BCUT2D eigenvalue weighted by atomic mass is 32.1. The number of unbranched alkanes of at least 4 members (excludes halogenated alkanes) is 2. The van der Waals surface area contributed by atoms with Crippen molar-refractivity contribution < 1.29 is 9.53 Å². The van der Waals surface area contributed by atoms with Crippen LogP contribution in [0.1, 0.15) is 85.5 Å². The van der Waals surface area contributed by atoms with Crippen molar-refractivity contribution in [1.82, 2.24) is 0 Å². The predicted molar refractivity (Wildman–Crippen MR) is 95.0 cm³/mol. The quantitative estimate of drug-likeness (QED) is 0.351. The third-order valence-electron chi connectivity index (χ3n) is 4.50. The summed E-state index contributed by atoms with van der Waals surface area (Å²) in [6, 6.07) is 0. The van der Waals surface area contributed by atoms with Gasteiger partial charge in [-0.05, 0) is 31.1 Å². The molecule has 126 valence electrons. The predicted octanol–water partition coefficient (Wildman–Crippen LogP) is 5.65. The Morgan fingerprint density at radius 3 is 2.10 bits per heavy atom. The minimum atomic E-state index is -0.163. The zero-order valence-corrected chi connectivity index (χ0v) is 15.5. The van der Waals surface area contributed by atoms with E-state index in [1.807, 2.05) is 0 Å². The SMILES string of the molecule is CCCCC(CC)CC(OC(=O)CS)C(CC)CCCC. The van der Waals surface area contributed by atoms with Crippen LogP contribution in [0.15, 0.2) is 0 Å². The molecule has 0 rings (SSSR count). The highest BCUT2D eigenvalue weighted by Crippen LogP contribution is 2.28. The van der Waals surface area contributed by atoms with Gasteiger partial charge in [0.2, 0.25) is 0 Å². The molecule has 0 amide bonds. The molecule has 0 aromatic heterocycles. The Hall–Kier alpha value is -0.180. The molecule has 0 bridgehead atoms. The van der Waals surface area contributed by atoms with Gasteiger partial charge < -0.3 is 4.74 Å². The second-order valence-corrected chi connectivity index (χ2v) is 6.47. The van der Waals surface area contributed by atoms with E-state index in [2.05, 4.69) is 40.3 Å². The maximum Gasteiger partial charge on any atom is 0.315 e. The summed E-state index contributed by atoms with van der Waals surface area (Å²) in [5.74, 6) is 1.21. The molecule has 0 aromatic rings. The molecule has 0 aromatic carbocycles. The van der Waals surface area contributed by atoms with Gasteiger partial charge in [0.15, 0.2) is 0 Å². The monoisotopic (exact) mass is 316 g/mol. The van der Waals surface area contributed by atoms with Crippen LogP contribution in [0.3, 0.4) is 0 Å². The number of hydrogen-bond donors (Lipinski definition) is 1. The first-order valence-electron chi connectivity index (χ1n) is 8.92. The molecule has 0 aliphatic heterocycles. The fourth-order valence-corrected chi connectivity index (χ4v) is 3.05.